The van der Waals surface area contributed by atoms with E-state index in [1.807, 2.05) is 0 Å². The minimum absolute atomic E-state index is 0.0130. The van der Waals surface area contributed by atoms with Gasteiger partial charge in [-0.3, -0.25) is 9.59 Å². The minimum Gasteiger partial charge on any atom is -0.466 e. The number of hydrogen-bond acceptors (Lipinski definition) is 6. The molecule has 0 aromatic heterocycles. The third-order valence-electron chi connectivity index (χ3n) is 5.62. The first kappa shape index (κ1) is 24.1. The van der Waals surface area contributed by atoms with E-state index >= 15 is 4.39 Å². The average molecular weight is 438 g/mol. The molecule has 0 amide bonds. The number of esters is 1. The van der Waals surface area contributed by atoms with Crippen molar-refractivity contribution in [3.05, 3.63) is 40.3 Å². The fourth-order valence-electron chi connectivity index (χ4n) is 2.93. The predicted octanol–water partition coefficient (Wildman–Crippen LogP) is 4.72. The van der Waals surface area contributed by atoms with Crippen molar-refractivity contribution >= 4 is 26.3 Å². The second-order valence-corrected chi connectivity index (χ2v) is 13.7. The number of halogens is 1. The Morgan fingerprint density at radius 3 is 2.50 bits per heavy atom. The van der Waals surface area contributed by atoms with E-state index in [4.69, 9.17) is 14.0 Å². The highest BCUT2D eigenvalue weighted by atomic mass is 28.4. The Labute approximate surface area is 179 Å². The van der Waals surface area contributed by atoms with E-state index in [9.17, 15) is 9.59 Å². The third kappa shape index (κ3) is 5.70. The normalized spacial score (nSPS) is 13.8. The summed E-state index contributed by atoms with van der Waals surface area (Å²) in [5.74, 6) is -1.41. The second-order valence-electron chi connectivity index (χ2n) is 8.89. The monoisotopic (exact) mass is 437 g/mol. The van der Waals surface area contributed by atoms with E-state index in [0.717, 1.165) is 5.56 Å². The molecule has 0 bridgehead atoms. The number of benzene rings is 1. The van der Waals surface area contributed by atoms with Crippen molar-refractivity contribution in [2.75, 3.05) is 6.61 Å². The first-order chi connectivity index (χ1) is 13.9. The van der Waals surface area contributed by atoms with Crippen molar-refractivity contribution in [2.24, 2.45) is 0 Å². The number of carbonyl (C=O) groups excluding carboxylic acids is 2. The number of hydroxylamine groups is 2. The molecule has 1 heterocycles. The zero-order valence-corrected chi connectivity index (χ0v) is 19.9. The number of fused-ring (bicyclic) bond motifs is 1. The summed E-state index contributed by atoms with van der Waals surface area (Å²) in [5.41, 5.74) is 2.35. The van der Waals surface area contributed by atoms with Gasteiger partial charge in [-0.2, -0.15) is 0 Å². The lowest BCUT2D eigenvalue weighted by Crippen LogP contribution is -2.40. The maximum absolute atomic E-state index is 15.0. The van der Waals surface area contributed by atoms with Gasteiger partial charge in [0.25, 0.3) is 0 Å². The Bertz CT molecular complexity index is 845. The van der Waals surface area contributed by atoms with Crippen molar-refractivity contribution in [2.45, 2.75) is 72.3 Å². The Morgan fingerprint density at radius 2 is 1.93 bits per heavy atom. The van der Waals surface area contributed by atoms with Gasteiger partial charge in [-0.05, 0) is 53.9 Å². The zero-order valence-electron chi connectivity index (χ0n) is 18.9. The van der Waals surface area contributed by atoms with Gasteiger partial charge in [-0.15, -0.1) is 0 Å². The summed E-state index contributed by atoms with van der Waals surface area (Å²) in [4.78, 5) is 28.6. The number of rotatable bonds is 7. The molecular weight excluding hydrogens is 405 g/mol. The molecule has 1 aromatic rings. The van der Waals surface area contributed by atoms with Crippen LogP contribution in [0.15, 0.2) is 12.3 Å². The third-order valence-corrected chi connectivity index (χ3v) is 10.1. The molecule has 166 valence electrons. The summed E-state index contributed by atoms with van der Waals surface area (Å²) < 4.78 is 26.3. The van der Waals surface area contributed by atoms with E-state index in [1.165, 1.54) is 18.1 Å². The molecule has 2 rings (SSSR count). The number of carbonyl (C=O) groups is 2. The molecular formula is C22H32FNO5Si. The number of ether oxygens (including phenoxy) is 1. The molecule has 0 atom stereocenters. The van der Waals surface area contributed by atoms with Crippen LogP contribution in [0.4, 0.5) is 4.39 Å². The van der Waals surface area contributed by atoms with Crippen molar-refractivity contribution in [1.29, 1.82) is 0 Å². The van der Waals surface area contributed by atoms with Crippen molar-refractivity contribution in [3.63, 3.8) is 0 Å². The molecule has 1 aromatic carbocycles. The lowest BCUT2D eigenvalue weighted by atomic mass is 9.92. The SMILES string of the molecule is CCOC(=O)Cc1c(F)cc(CO[Si](C)(C)C(C)(C)C)c2c1C=CN(OC(C)=O)C2. The zero-order chi connectivity index (χ0) is 22.7. The summed E-state index contributed by atoms with van der Waals surface area (Å²) in [6.45, 7) is 14.5. The molecule has 30 heavy (non-hydrogen) atoms. The molecule has 0 aliphatic carbocycles. The Balaban J connectivity index is 2.43. The Morgan fingerprint density at radius 1 is 1.27 bits per heavy atom. The Kier molecular flexibility index (Phi) is 7.47. The lowest BCUT2D eigenvalue weighted by molar-refractivity contribution is -0.177. The molecule has 1 aliphatic heterocycles. The first-order valence-electron chi connectivity index (χ1n) is 10.1. The van der Waals surface area contributed by atoms with Crippen LogP contribution in [0.1, 0.15) is 56.9 Å². The molecule has 0 unspecified atom stereocenters. The van der Waals surface area contributed by atoms with Crippen LogP contribution >= 0.6 is 0 Å². The van der Waals surface area contributed by atoms with Crippen molar-refractivity contribution in [3.8, 4) is 0 Å². The molecule has 0 radical (unpaired) electrons. The van der Waals surface area contributed by atoms with Gasteiger partial charge in [-0.25, -0.2) is 9.45 Å². The van der Waals surface area contributed by atoms with Crippen LogP contribution in [0.3, 0.4) is 0 Å². The summed E-state index contributed by atoms with van der Waals surface area (Å²) in [7, 11) is -2.06. The van der Waals surface area contributed by atoms with E-state index in [0.29, 0.717) is 11.1 Å². The molecule has 1 aliphatic rings. The lowest BCUT2D eigenvalue weighted by Gasteiger charge is -2.36. The molecule has 6 nitrogen and oxygen atoms in total. The fourth-order valence-corrected chi connectivity index (χ4v) is 3.88. The number of hydrogen-bond donors (Lipinski definition) is 0. The van der Waals surface area contributed by atoms with Crippen LogP contribution in [0.25, 0.3) is 6.08 Å². The summed E-state index contributed by atoms with van der Waals surface area (Å²) in [6, 6.07) is 1.42. The topological polar surface area (TPSA) is 65.1 Å². The molecule has 0 saturated carbocycles. The first-order valence-corrected chi connectivity index (χ1v) is 13.0. The quantitative estimate of drug-likeness (QED) is 0.454. The molecule has 0 saturated heterocycles. The average Bonchev–Trinajstić information content (AvgIpc) is 2.61. The second kappa shape index (κ2) is 9.30. The van der Waals surface area contributed by atoms with E-state index < -0.39 is 26.1 Å². The minimum atomic E-state index is -2.06. The van der Waals surface area contributed by atoms with Gasteiger partial charge in [-0.1, -0.05) is 20.8 Å². The standard InChI is InChI=1S/C22H32FNO5Si/c1-8-27-21(26)12-18-17-9-10-24(29-15(2)25)13-19(17)16(11-20(18)23)14-28-30(6,7)22(3,4)5/h9-11H,8,12-14H2,1-7H3. The fraction of sp³-hybridized carbons (Fsp3) is 0.545. The van der Waals surface area contributed by atoms with Crippen LogP contribution < -0.4 is 0 Å². The van der Waals surface area contributed by atoms with Crippen LogP contribution in [0, 0.1) is 5.82 Å². The van der Waals surface area contributed by atoms with Crippen LogP contribution in [0.5, 0.6) is 0 Å². The maximum Gasteiger partial charge on any atom is 0.329 e. The summed E-state index contributed by atoms with van der Waals surface area (Å²) in [5, 5.41) is 1.41. The van der Waals surface area contributed by atoms with Gasteiger partial charge in [0.15, 0.2) is 8.32 Å². The van der Waals surface area contributed by atoms with Gasteiger partial charge >= 0.3 is 11.9 Å². The highest BCUT2D eigenvalue weighted by Gasteiger charge is 2.37. The maximum atomic E-state index is 15.0. The van der Waals surface area contributed by atoms with E-state index in [-0.39, 0.29) is 36.8 Å². The smallest absolute Gasteiger partial charge is 0.329 e. The molecule has 8 heteroatoms. The number of nitrogens with zero attached hydrogens (tertiary/aromatic N) is 1. The van der Waals surface area contributed by atoms with Gasteiger partial charge in [0.2, 0.25) is 0 Å². The Hall–Kier alpha value is -2.19. The van der Waals surface area contributed by atoms with Gasteiger partial charge in [0, 0.05) is 18.7 Å². The van der Waals surface area contributed by atoms with Crippen LogP contribution in [0.2, 0.25) is 18.1 Å². The van der Waals surface area contributed by atoms with Gasteiger partial charge < -0.3 is 14.0 Å². The van der Waals surface area contributed by atoms with E-state index in [1.54, 1.807) is 19.2 Å². The molecule has 0 fully saturated rings. The highest BCUT2D eigenvalue weighted by molar-refractivity contribution is 6.74. The van der Waals surface area contributed by atoms with E-state index in [2.05, 4.69) is 33.9 Å². The molecule has 0 spiro atoms. The van der Waals surface area contributed by atoms with Crippen LogP contribution in [-0.2, 0) is 43.2 Å². The molecule has 0 N–H and O–H groups in total. The summed E-state index contributed by atoms with van der Waals surface area (Å²) in [6.07, 6.45) is 3.06. The predicted molar refractivity (Wildman–Crippen MR) is 115 cm³/mol. The highest BCUT2D eigenvalue weighted by Crippen LogP contribution is 2.38. The van der Waals surface area contributed by atoms with Gasteiger partial charge in [0.05, 0.1) is 26.2 Å². The van der Waals surface area contributed by atoms with Crippen molar-refractivity contribution in [1.82, 2.24) is 5.06 Å². The summed E-state index contributed by atoms with van der Waals surface area (Å²) >= 11 is 0. The van der Waals surface area contributed by atoms with Crippen molar-refractivity contribution < 1.29 is 28.0 Å². The van der Waals surface area contributed by atoms with Crippen LogP contribution in [-0.4, -0.2) is 31.9 Å². The van der Waals surface area contributed by atoms with Gasteiger partial charge in [0.1, 0.15) is 5.82 Å². The largest absolute Gasteiger partial charge is 0.466 e.